The number of nitrogens with one attached hydrogen (secondary N) is 1. The van der Waals surface area contributed by atoms with Gasteiger partial charge in [-0.15, -0.1) is 0 Å². The molecule has 1 amide bonds. The number of carbonyl (C=O) groups excluding carboxylic acids is 1. The minimum Gasteiger partial charge on any atom is -0.337 e. The van der Waals surface area contributed by atoms with Crippen LogP contribution in [-0.2, 0) is 4.79 Å². The largest absolute Gasteiger partial charge is 0.337 e. The number of non-ortho nitro benzene ring substituents is 1. The SMILES string of the molecule is CC(C(=O)N1CCNCC1C)c1cccc([N+](=O)[O-])c1. The van der Waals surface area contributed by atoms with Crippen LogP contribution in [0, 0.1) is 10.1 Å². The Morgan fingerprint density at radius 3 is 2.95 bits per heavy atom. The zero-order valence-corrected chi connectivity index (χ0v) is 11.7. The molecule has 1 aromatic carbocycles. The average molecular weight is 277 g/mol. The molecule has 1 aromatic rings. The zero-order chi connectivity index (χ0) is 14.7. The molecule has 108 valence electrons. The molecule has 1 aliphatic rings. The molecular weight excluding hydrogens is 258 g/mol. The number of benzene rings is 1. The van der Waals surface area contributed by atoms with E-state index in [1.165, 1.54) is 12.1 Å². The first-order chi connectivity index (χ1) is 9.50. The summed E-state index contributed by atoms with van der Waals surface area (Å²) in [5.41, 5.74) is 0.713. The van der Waals surface area contributed by atoms with Crippen LogP contribution in [0.15, 0.2) is 24.3 Å². The van der Waals surface area contributed by atoms with E-state index in [4.69, 9.17) is 0 Å². The fourth-order valence-corrected chi connectivity index (χ4v) is 2.47. The number of nitro benzene ring substituents is 1. The molecule has 1 saturated heterocycles. The van der Waals surface area contributed by atoms with Crippen LogP contribution >= 0.6 is 0 Å². The van der Waals surface area contributed by atoms with Crippen LogP contribution < -0.4 is 5.32 Å². The Kier molecular flexibility index (Phi) is 4.34. The van der Waals surface area contributed by atoms with Crippen LogP contribution in [0.1, 0.15) is 25.3 Å². The molecule has 6 heteroatoms. The van der Waals surface area contributed by atoms with E-state index in [2.05, 4.69) is 5.32 Å². The molecule has 0 aromatic heterocycles. The van der Waals surface area contributed by atoms with E-state index in [-0.39, 0.29) is 23.6 Å². The molecule has 0 aliphatic carbocycles. The highest BCUT2D eigenvalue weighted by molar-refractivity contribution is 5.84. The molecule has 20 heavy (non-hydrogen) atoms. The molecule has 1 fully saturated rings. The number of piperazine rings is 1. The van der Waals surface area contributed by atoms with Crippen molar-refractivity contribution >= 4 is 11.6 Å². The number of carbonyl (C=O) groups is 1. The van der Waals surface area contributed by atoms with Crippen molar-refractivity contribution in [3.8, 4) is 0 Å². The summed E-state index contributed by atoms with van der Waals surface area (Å²) in [6, 6.07) is 6.46. The Morgan fingerprint density at radius 2 is 2.30 bits per heavy atom. The van der Waals surface area contributed by atoms with E-state index in [0.29, 0.717) is 12.1 Å². The van der Waals surface area contributed by atoms with Gasteiger partial charge in [-0.1, -0.05) is 12.1 Å². The van der Waals surface area contributed by atoms with Crippen molar-refractivity contribution in [2.45, 2.75) is 25.8 Å². The predicted molar refractivity (Wildman–Crippen MR) is 75.6 cm³/mol. The molecule has 1 heterocycles. The highest BCUT2D eigenvalue weighted by Gasteiger charge is 2.28. The van der Waals surface area contributed by atoms with Gasteiger partial charge in [0.1, 0.15) is 0 Å². The van der Waals surface area contributed by atoms with Crippen molar-refractivity contribution in [3.05, 3.63) is 39.9 Å². The summed E-state index contributed by atoms with van der Waals surface area (Å²) in [5.74, 6) is -0.338. The third-order valence-electron chi connectivity index (χ3n) is 3.74. The van der Waals surface area contributed by atoms with Crippen LogP contribution in [0.2, 0.25) is 0 Å². The highest BCUT2D eigenvalue weighted by Crippen LogP contribution is 2.23. The summed E-state index contributed by atoms with van der Waals surface area (Å²) in [5, 5.41) is 14.0. The number of hydrogen-bond donors (Lipinski definition) is 1. The first-order valence-electron chi connectivity index (χ1n) is 6.76. The van der Waals surface area contributed by atoms with E-state index in [9.17, 15) is 14.9 Å². The van der Waals surface area contributed by atoms with E-state index in [0.717, 1.165) is 13.1 Å². The van der Waals surface area contributed by atoms with Crippen molar-refractivity contribution in [2.24, 2.45) is 0 Å². The summed E-state index contributed by atoms with van der Waals surface area (Å²) in [6.07, 6.45) is 0. The van der Waals surface area contributed by atoms with Crippen molar-refractivity contribution in [1.82, 2.24) is 10.2 Å². The van der Waals surface area contributed by atoms with Crippen LogP contribution in [0.4, 0.5) is 5.69 Å². The summed E-state index contributed by atoms with van der Waals surface area (Å²) >= 11 is 0. The van der Waals surface area contributed by atoms with Gasteiger partial charge in [-0.05, 0) is 19.4 Å². The van der Waals surface area contributed by atoms with Crippen LogP contribution in [-0.4, -0.2) is 41.4 Å². The predicted octanol–water partition coefficient (Wildman–Crippen LogP) is 1.52. The fourth-order valence-electron chi connectivity index (χ4n) is 2.47. The van der Waals surface area contributed by atoms with E-state index in [1.54, 1.807) is 19.1 Å². The number of nitrogens with zero attached hydrogens (tertiary/aromatic N) is 2. The maximum atomic E-state index is 12.5. The summed E-state index contributed by atoms with van der Waals surface area (Å²) in [4.78, 5) is 24.7. The Labute approximate surface area is 117 Å². The molecule has 0 bridgehead atoms. The van der Waals surface area contributed by atoms with E-state index in [1.807, 2.05) is 11.8 Å². The minimum atomic E-state index is -0.436. The topological polar surface area (TPSA) is 75.5 Å². The van der Waals surface area contributed by atoms with Crippen LogP contribution in [0.5, 0.6) is 0 Å². The molecule has 2 atom stereocenters. The van der Waals surface area contributed by atoms with Gasteiger partial charge >= 0.3 is 0 Å². The van der Waals surface area contributed by atoms with Crippen molar-refractivity contribution in [1.29, 1.82) is 0 Å². The van der Waals surface area contributed by atoms with E-state index < -0.39 is 4.92 Å². The Hall–Kier alpha value is -1.95. The highest BCUT2D eigenvalue weighted by atomic mass is 16.6. The van der Waals surface area contributed by atoms with Gasteiger partial charge in [0.05, 0.1) is 10.8 Å². The molecule has 2 rings (SSSR count). The second kappa shape index (κ2) is 6.00. The number of rotatable bonds is 3. The molecule has 2 unspecified atom stereocenters. The lowest BCUT2D eigenvalue weighted by atomic mass is 9.98. The quantitative estimate of drug-likeness (QED) is 0.671. The van der Waals surface area contributed by atoms with Gasteiger partial charge in [0.2, 0.25) is 5.91 Å². The lowest BCUT2D eigenvalue weighted by Gasteiger charge is -2.35. The van der Waals surface area contributed by atoms with Crippen LogP contribution in [0.25, 0.3) is 0 Å². The summed E-state index contributed by atoms with van der Waals surface area (Å²) in [6.45, 7) is 6.06. The normalized spacial score (nSPS) is 20.5. The Balaban J connectivity index is 2.17. The van der Waals surface area contributed by atoms with E-state index >= 15 is 0 Å². The van der Waals surface area contributed by atoms with Gasteiger partial charge in [-0.25, -0.2) is 0 Å². The van der Waals surface area contributed by atoms with Crippen molar-refractivity contribution in [2.75, 3.05) is 19.6 Å². The fraction of sp³-hybridized carbons (Fsp3) is 0.500. The maximum Gasteiger partial charge on any atom is 0.269 e. The lowest BCUT2D eigenvalue weighted by Crippen LogP contribution is -2.53. The third-order valence-corrected chi connectivity index (χ3v) is 3.74. The lowest BCUT2D eigenvalue weighted by molar-refractivity contribution is -0.384. The van der Waals surface area contributed by atoms with Crippen molar-refractivity contribution in [3.63, 3.8) is 0 Å². The number of hydrogen-bond acceptors (Lipinski definition) is 4. The smallest absolute Gasteiger partial charge is 0.269 e. The standard InChI is InChI=1S/C14H19N3O3/c1-10-9-15-6-7-16(10)14(18)11(2)12-4-3-5-13(8-12)17(19)20/h3-5,8,10-11,15H,6-7,9H2,1-2H3. The van der Waals surface area contributed by atoms with Gasteiger partial charge in [-0.3, -0.25) is 14.9 Å². The third kappa shape index (κ3) is 2.96. The second-order valence-corrected chi connectivity index (χ2v) is 5.16. The molecule has 0 spiro atoms. The zero-order valence-electron chi connectivity index (χ0n) is 11.7. The maximum absolute atomic E-state index is 12.5. The molecular formula is C14H19N3O3. The van der Waals surface area contributed by atoms with Gasteiger partial charge in [0.25, 0.3) is 5.69 Å². The second-order valence-electron chi connectivity index (χ2n) is 5.16. The van der Waals surface area contributed by atoms with Gasteiger partial charge in [0.15, 0.2) is 0 Å². The number of nitro groups is 1. The molecule has 0 radical (unpaired) electrons. The van der Waals surface area contributed by atoms with Crippen molar-refractivity contribution < 1.29 is 9.72 Å². The minimum absolute atomic E-state index is 0.0236. The van der Waals surface area contributed by atoms with Gasteiger partial charge < -0.3 is 10.2 Å². The molecule has 6 nitrogen and oxygen atoms in total. The Bertz CT molecular complexity index is 518. The first-order valence-corrected chi connectivity index (χ1v) is 6.76. The molecule has 1 N–H and O–H groups in total. The number of amides is 1. The van der Waals surface area contributed by atoms with Gasteiger partial charge in [0, 0.05) is 37.8 Å². The average Bonchev–Trinajstić information content (AvgIpc) is 2.46. The summed E-state index contributed by atoms with van der Waals surface area (Å²) < 4.78 is 0. The van der Waals surface area contributed by atoms with Gasteiger partial charge in [-0.2, -0.15) is 0 Å². The van der Waals surface area contributed by atoms with Crippen LogP contribution in [0.3, 0.4) is 0 Å². The first kappa shape index (κ1) is 14.5. The summed E-state index contributed by atoms with van der Waals surface area (Å²) in [7, 11) is 0. The monoisotopic (exact) mass is 277 g/mol. The molecule has 1 aliphatic heterocycles. The molecule has 0 saturated carbocycles. The Morgan fingerprint density at radius 1 is 1.55 bits per heavy atom.